The molecule has 2 atom stereocenters. The average Bonchev–Trinajstić information content (AvgIpc) is 2.83. The van der Waals surface area contributed by atoms with Gasteiger partial charge in [-0.2, -0.15) is 0 Å². The van der Waals surface area contributed by atoms with Crippen LogP contribution in [0, 0.1) is 0 Å². The maximum absolute atomic E-state index is 13.7. The second kappa shape index (κ2) is 9.94. The van der Waals surface area contributed by atoms with Crippen molar-refractivity contribution in [2.45, 2.75) is 38.5 Å². The third-order valence-electron chi connectivity index (χ3n) is 6.41. The topological polar surface area (TPSA) is 73.9 Å². The smallest absolute Gasteiger partial charge is 0.336 e. The van der Waals surface area contributed by atoms with E-state index in [0.717, 1.165) is 11.3 Å². The molecule has 1 aliphatic heterocycles. The van der Waals surface area contributed by atoms with Gasteiger partial charge in [0.05, 0.1) is 32.3 Å². The zero-order valence-electron chi connectivity index (χ0n) is 19.7. The van der Waals surface area contributed by atoms with Gasteiger partial charge in [-0.3, -0.25) is 4.79 Å². The molecule has 2 aliphatic rings. The second-order valence-electron chi connectivity index (χ2n) is 8.40. The molecule has 1 N–H and O–H groups in total. The van der Waals surface area contributed by atoms with Crippen molar-refractivity contribution < 1.29 is 23.8 Å². The van der Waals surface area contributed by atoms with Crippen molar-refractivity contribution in [1.29, 1.82) is 0 Å². The molecule has 178 valence electrons. The molecule has 0 amide bonds. The number of carbonyl (C=O) groups is 2. The Balaban J connectivity index is 1.86. The van der Waals surface area contributed by atoms with E-state index in [-0.39, 0.29) is 18.3 Å². The number of dihydropyridines is 1. The number of hydrogen-bond donors (Lipinski definition) is 1. The molecule has 0 bridgehead atoms. The first-order valence-electron chi connectivity index (χ1n) is 11.3. The van der Waals surface area contributed by atoms with Gasteiger partial charge in [-0.15, -0.1) is 0 Å². The molecule has 6 nitrogen and oxygen atoms in total. The van der Waals surface area contributed by atoms with Gasteiger partial charge >= 0.3 is 5.97 Å². The largest absolute Gasteiger partial charge is 0.497 e. The van der Waals surface area contributed by atoms with Crippen molar-refractivity contribution in [3.8, 4) is 11.5 Å². The van der Waals surface area contributed by atoms with Crippen molar-refractivity contribution in [2.75, 3.05) is 20.8 Å². The molecule has 0 aromatic heterocycles. The zero-order valence-corrected chi connectivity index (χ0v) is 20.5. The third kappa shape index (κ3) is 4.42. The molecule has 4 rings (SSSR count). The van der Waals surface area contributed by atoms with Crippen molar-refractivity contribution >= 4 is 23.4 Å². The Morgan fingerprint density at radius 2 is 1.82 bits per heavy atom. The van der Waals surface area contributed by atoms with E-state index in [1.54, 1.807) is 33.3 Å². The summed E-state index contributed by atoms with van der Waals surface area (Å²) in [6, 6.07) is 13.0. The van der Waals surface area contributed by atoms with Crippen molar-refractivity contribution in [3.63, 3.8) is 0 Å². The summed E-state index contributed by atoms with van der Waals surface area (Å²) in [5, 5.41) is 4.01. The summed E-state index contributed by atoms with van der Waals surface area (Å²) in [5.74, 6) is 0.0978. The summed E-state index contributed by atoms with van der Waals surface area (Å²) in [4.78, 5) is 26.8. The summed E-state index contributed by atoms with van der Waals surface area (Å²) < 4.78 is 16.5. The van der Waals surface area contributed by atoms with E-state index in [2.05, 4.69) is 5.32 Å². The molecule has 0 fully saturated rings. The number of Topliss-reactive ketones (excluding diaryl/α,β-unsaturated/α-hetero) is 1. The summed E-state index contributed by atoms with van der Waals surface area (Å²) >= 11 is 6.06. The maximum atomic E-state index is 13.7. The van der Waals surface area contributed by atoms with Crippen LogP contribution in [0.15, 0.2) is 65.0 Å². The van der Waals surface area contributed by atoms with Crippen LogP contribution in [0.5, 0.6) is 11.5 Å². The van der Waals surface area contributed by atoms with Gasteiger partial charge in [0.2, 0.25) is 0 Å². The standard InChI is InChI=1S/C27H28ClNO5/c1-5-34-27(31)24-15(2)29-21-12-17(16-6-8-18(28)9-7-16)13-22(30)26(21)25(24)20-14-19(32-3)10-11-23(20)33-4/h6-11,14,17,25,29H,5,12-13H2,1-4H3. The van der Waals surface area contributed by atoms with Crippen molar-refractivity contribution in [1.82, 2.24) is 5.32 Å². The van der Waals surface area contributed by atoms with Gasteiger partial charge in [-0.05, 0) is 62.1 Å². The van der Waals surface area contributed by atoms with Crippen LogP contribution >= 0.6 is 11.6 Å². The first kappa shape index (κ1) is 23.9. The van der Waals surface area contributed by atoms with Gasteiger partial charge in [0.1, 0.15) is 11.5 Å². The SMILES string of the molecule is CCOC(=O)C1=C(C)NC2=C(C(=O)CC(c3ccc(Cl)cc3)C2)C1c1cc(OC)ccc1OC. The highest BCUT2D eigenvalue weighted by Gasteiger charge is 2.42. The molecule has 2 aromatic rings. The zero-order chi connectivity index (χ0) is 24.4. The van der Waals surface area contributed by atoms with Gasteiger partial charge in [-0.1, -0.05) is 23.7 Å². The number of nitrogens with one attached hydrogen (secondary N) is 1. The Kier molecular flexibility index (Phi) is 6.98. The number of methoxy groups -OCH3 is 2. The number of ketones is 1. The molecule has 1 heterocycles. The predicted molar refractivity (Wildman–Crippen MR) is 130 cm³/mol. The average molecular weight is 482 g/mol. The number of allylic oxidation sites excluding steroid dienone is 3. The lowest BCUT2D eigenvalue weighted by Crippen LogP contribution is -2.36. The number of esters is 1. The highest BCUT2D eigenvalue weighted by Crippen LogP contribution is 2.48. The number of carbonyl (C=O) groups excluding carboxylic acids is 2. The van der Waals surface area contributed by atoms with Crippen LogP contribution in [0.4, 0.5) is 0 Å². The minimum absolute atomic E-state index is 0.0146. The van der Waals surface area contributed by atoms with Crippen LogP contribution in [0.1, 0.15) is 49.7 Å². The first-order valence-corrected chi connectivity index (χ1v) is 11.6. The van der Waals surface area contributed by atoms with Crippen LogP contribution < -0.4 is 14.8 Å². The Hall–Kier alpha value is -3.25. The van der Waals surface area contributed by atoms with Crippen LogP contribution in [0.2, 0.25) is 5.02 Å². The highest BCUT2D eigenvalue weighted by atomic mass is 35.5. The maximum Gasteiger partial charge on any atom is 0.336 e. The Morgan fingerprint density at radius 1 is 1.09 bits per heavy atom. The lowest BCUT2D eigenvalue weighted by molar-refractivity contribution is -0.138. The highest BCUT2D eigenvalue weighted by molar-refractivity contribution is 6.30. The van der Waals surface area contributed by atoms with Crippen LogP contribution in [0.25, 0.3) is 0 Å². The van der Waals surface area contributed by atoms with E-state index in [1.807, 2.05) is 37.3 Å². The summed E-state index contributed by atoms with van der Waals surface area (Å²) in [6.07, 6.45) is 0.971. The molecule has 1 aliphatic carbocycles. The van der Waals surface area contributed by atoms with E-state index >= 15 is 0 Å². The molecule has 0 saturated heterocycles. The van der Waals surface area contributed by atoms with Crippen LogP contribution in [0.3, 0.4) is 0 Å². The van der Waals surface area contributed by atoms with E-state index in [0.29, 0.717) is 51.8 Å². The lowest BCUT2D eigenvalue weighted by Gasteiger charge is -2.37. The fourth-order valence-corrected chi connectivity index (χ4v) is 4.99. The minimum Gasteiger partial charge on any atom is -0.497 e. The summed E-state index contributed by atoms with van der Waals surface area (Å²) in [7, 11) is 3.15. The van der Waals surface area contributed by atoms with E-state index in [9.17, 15) is 9.59 Å². The Morgan fingerprint density at radius 3 is 2.47 bits per heavy atom. The van der Waals surface area contributed by atoms with Gasteiger partial charge in [-0.25, -0.2) is 4.79 Å². The molecular weight excluding hydrogens is 454 g/mol. The molecule has 7 heteroatoms. The lowest BCUT2D eigenvalue weighted by atomic mass is 9.71. The number of hydrogen-bond acceptors (Lipinski definition) is 6. The van der Waals surface area contributed by atoms with Crippen LogP contribution in [-0.2, 0) is 14.3 Å². The fraction of sp³-hybridized carbons (Fsp3) is 0.333. The number of benzene rings is 2. The van der Waals surface area contributed by atoms with Crippen LogP contribution in [-0.4, -0.2) is 32.6 Å². The first-order chi connectivity index (χ1) is 16.4. The Bertz CT molecular complexity index is 1180. The fourth-order valence-electron chi connectivity index (χ4n) is 4.87. The summed E-state index contributed by atoms with van der Waals surface area (Å²) in [6.45, 7) is 3.83. The molecular formula is C27H28ClNO5. The number of rotatable bonds is 6. The third-order valence-corrected chi connectivity index (χ3v) is 6.66. The molecule has 0 spiro atoms. The van der Waals surface area contributed by atoms with Gasteiger partial charge < -0.3 is 19.5 Å². The Labute approximate surface area is 204 Å². The molecule has 2 unspecified atom stereocenters. The van der Waals surface area contributed by atoms with E-state index in [1.165, 1.54) is 0 Å². The van der Waals surface area contributed by atoms with Crippen molar-refractivity contribution in [3.05, 3.63) is 81.2 Å². The molecule has 2 aromatic carbocycles. The normalized spacial score (nSPS) is 20.0. The molecule has 0 saturated carbocycles. The van der Waals surface area contributed by atoms with Gasteiger partial charge in [0.25, 0.3) is 0 Å². The molecule has 34 heavy (non-hydrogen) atoms. The number of ether oxygens (including phenoxy) is 3. The summed E-state index contributed by atoms with van der Waals surface area (Å²) in [5.41, 5.74) is 4.21. The quantitative estimate of drug-likeness (QED) is 0.566. The van der Waals surface area contributed by atoms with Gasteiger partial charge in [0.15, 0.2) is 5.78 Å². The minimum atomic E-state index is -0.626. The van der Waals surface area contributed by atoms with Crippen molar-refractivity contribution in [2.24, 2.45) is 0 Å². The van der Waals surface area contributed by atoms with Gasteiger partial charge in [0, 0.05) is 34.0 Å². The number of halogens is 1. The monoisotopic (exact) mass is 481 g/mol. The predicted octanol–water partition coefficient (Wildman–Crippen LogP) is 5.28. The van der Waals surface area contributed by atoms with E-state index in [4.69, 9.17) is 25.8 Å². The molecule has 0 radical (unpaired) electrons. The second-order valence-corrected chi connectivity index (χ2v) is 8.83. The van der Waals surface area contributed by atoms with E-state index < -0.39 is 11.9 Å².